The van der Waals surface area contributed by atoms with E-state index in [0.717, 1.165) is 31.7 Å². The van der Waals surface area contributed by atoms with Gasteiger partial charge in [0.2, 0.25) is 0 Å². The molecule has 2 heterocycles. The van der Waals surface area contributed by atoms with Gasteiger partial charge in [0.25, 0.3) is 5.56 Å². The smallest absolute Gasteiger partial charge is 0.283 e. The predicted octanol–water partition coefficient (Wildman–Crippen LogP) is 0.341. The van der Waals surface area contributed by atoms with Gasteiger partial charge < -0.3 is 15.5 Å². The minimum absolute atomic E-state index is 0.0854. The first kappa shape index (κ1) is 14.5. The zero-order valence-corrected chi connectivity index (χ0v) is 12.9. The molecule has 0 aromatic carbocycles. The Kier molecular flexibility index (Phi) is 4.95. The first-order valence-electron chi connectivity index (χ1n) is 6.45. The lowest BCUT2D eigenvalue weighted by atomic mass is 10.2. The average molecular weight is 330 g/mol. The van der Waals surface area contributed by atoms with Gasteiger partial charge in [-0.25, -0.2) is 4.68 Å². The molecule has 1 aromatic rings. The fourth-order valence-corrected chi connectivity index (χ4v) is 2.44. The zero-order valence-electron chi connectivity index (χ0n) is 11.3. The van der Waals surface area contributed by atoms with Crippen LogP contribution in [0.25, 0.3) is 0 Å². The summed E-state index contributed by atoms with van der Waals surface area (Å²) in [4.78, 5) is 14.2. The molecule has 1 unspecified atom stereocenters. The van der Waals surface area contributed by atoms with E-state index in [1.54, 1.807) is 6.20 Å². The fourth-order valence-electron chi connectivity index (χ4n) is 2.02. The highest BCUT2D eigenvalue weighted by Gasteiger charge is 2.17. The van der Waals surface area contributed by atoms with Crippen LogP contribution in [0.15, 0.2) is 15.5 Å². The average Bonchev–Trinajstić information content (AvgIpc) is 2.87. The van der Waals surface area contributed by atoms with Crippen LogP contribution in [0.4, 0.5) is 5.69 Å². The van der Waals surface area contributed by atoms with Crippen molar-refractivity contribution in [2.75, 3.05) is 39.0 Å². The lowest BCUT2D eigenvalue weighted by molar-refractivity contribution is 0.367. The van der Waals surface area contributed by atoms with Crippen LogP contribution in [0.5, 0.6) is 0 Å². The minimum Gasteiger partial charge on any atom is -0.379 e. The Morgan fingerprint density at radius 2 is 2.42 bits per heavy atom. The number of nitrogens with one attached hydrogen (secondary N) is 2. The first-order valence-corrected chi connectivity index (χ1v) is 7.25. The molecule has 0 bridgehead atoms. The number of likely N-dealkylation sites (N-methyl/N-ethyl adjacent to an activating group) is 1. The number of nitrogens with zero attached hydrogens (tertiary/aromatic N) is 3. The van der Waals surface area contributed by atoms with Gasteiger partial charge >= 0.3 is 0 Å². The van der Waals surface area contributed by atoms with Gasteiger partial charge in [-0.2, -0.15) is 5.10 Å². The van der Waals surface area contributed by atoms with Crippen LogP contribution < -0.4 is 16.2 Å². The van der Waals surface area contributed by atoms with Crippen molar-refractivity contribution in [3.8, 4) is 0 Å². The van der Waals surface area contributed by atoms with E-state index in [1.165, 1.54) is 4.68 Å². The van der Waals surface area contributed by atoms with Crippen molar-refractivity contribution in [1.29, 1.82) is 0 Å². The molecule has 1 aromatic heterocycles. The summed E-state index contributed by atoms with van der Waals surface area (Å²) in [6.07, 6.45) is 2.79. The first-order chi connectivity index (χ1) is 9.08. The highest BCUT2D eigenvalue weighted by atomic mass is 79.9. The fraction of sp³-hybridized carbons (Fsp3) is 0.667. The monoisotopic (exact) mass is 329 g/mol. The molecule has 0 spiro atoms. The number of hydrogen-bond acceptors (Lipinski definition) is 5. The van der Waals surface area contributed by atoms with Crippen molar-refractivity contribution < 1.29 is 0 Å². The number of halogens is 1. The largest absolute Gasteiger partial charge is 0.379 e. The minimum atomic E-state index is -0.0854. The molecule has 2 N–H and O–H groups in total. The molecule has 1 aliphatic rings. The number of anilines is 1. The lowest BCUT2D eigenvalue weighted by Crippen LogP contribution is -2.30. The van der Waals surface area contributed by atoms with Gasteiger partial charge in [0.15, 0.2) is 0 Å². The van der Waals surface area contributed by atoms with Gasteiger partial charge in [-0.3, -0.25) is 4.79 Å². The Morgan fingerprint density at radius 1 is 1.63 bits per heavy atom. The topological polar surface area (TPSA) is 62.2 Å². The molecule has 7 heteroatoms. The Bertz CT molecular complexity index is 481. The van der Waals surface area contributed by atoms with E-state index < -0.39 is 0 Å². The molecular weight excluding hydrogens is 310 g/mol. The maximum Gasteiger partial charge on any atom is 0.283 e. The van der Waals surface area contributed by atoms with E-state index in [4.69, 9.17) is 0 Å². The predicted molar refractivity (Wildman–Crippen MR) is 79.6 cm³/mol. The summed E-state index contributed by atoms with van der Waals surface area (Å²) in [5, 5.41) is 10.8. The van der Waals surface area contributed by atoms with Crippen LogP contribution in [-0.2, 0) is 6.54 Å². The Morgan fingerprint density at radius 3 is 3.05 bits per heavy atom. The van der Waals surface area contributed by atoms with E-state index >= 15 is 0 Å². The standard InChI is InChI=1S/C12H20BrN5O/c1-17(2)5-6-18-12(19)11(13)10(8-15-18)16-9-3-4-14-7-9/h8-9,14,16H,3-7H2,1-2H3. The van der Waals surface area contributed by atoms with E-state index in [-0.39, 0.29) is 5.56 Å². The highest BCUT2D eigenvalue weighted by Crippen LogP contribution is 2.18. The molecule has 1 aliphatic heterocycles. The third-order valence-electron chi connectivity index (χ3n) is 3.16. The van der Waals surface area contributed by atoms with Crippen LogP contribution in [0.3, 0.4) is 0 Å². The molecule has 106 valence electrons. The van der Waals surface area contributed by atoms with Crippen LogP contribution in [0.2, 0.25) is 0 Å². The number of aromatic nitrogens is 2. The third kappa shape index (κ3) is 3.77. The summed E-state index contributed by atoms with van der Waals surface area (Å²) in [5.74, 6) is 0. The molecule has 2 rings (SSSR count). The second kappa shape index (κ2) is 6.49. The second-order valence-corrected chi connectivity index (χ2v) is 5.83. The summed E-state index contributed by atoms with van der Waals surface area (Å²) in [7, 11) is 3.95. The molecule has 0 radical (unpaired) electrons. The quantitative estimate of drug-likeness (QED) is 0.815. The van der Waals surface area contributed by atoms with E-state index in [2.05, 4.69) is 31.7 Å². The second-order valence-electron chi connectivity index (χ2n) is 5.04. The van der Waals surface area contributed by atoms with Gasteiger partial charge in [-0.1, -0.05) is 0 Å². The van der Waals surface area contributed by atoms with Crippen molar-refractivity contribution in [3.05, 3.63) is 21.0 Å². The number of hydrogen-bond donors (Lipinski definition) is 2. The van der Waals surface area contributed by atoms with Crippen molar-refractivity contribution in [1.82, 2.24) is 20.0 Å². The third-order valence-corrected chi connectivity index (χ3v) is 3.93. The Hall–Kier alpha value is -0.920. The Balaban J connectivity index is 2.10. The van der Waals surface area contributed by atoms with Gasteiger partial charge in [0.05, 0.1) is 18.4 Å². The van der Waals surface area contributed by atoms with Crippen LogP contribution in [-0.4, -0.2) is 54.5 Å². The van der Waals surface area contributed by atoms with E-state index in [9.17, 15) is 4.79 Å². The van der Waals surface area contributed by atoms with Gasteiger partial charge in [-0.15, -0.1) is 0 Å². The molecular formula is C12H20BrN5O. The van der Waals surface area contributed by atoms with E-state index in [0.29, 0.717) is 17.1 Å². The van der Waals surface area contributed by atoms with E-state index in [1.807, 2.05) is 19.0 Å². The summed E-state index contributed by atoms with van der Waals surface area (Å²) in [5.41, 5.74) is 0.692. The summed E-state index contributed by atoms with van der Waals surface area (Å²) >= 11 is 3.38. The molecule has 0 saturated carbocycles. The van der Waals surface area contributed by atoms with Crippen LogP contribution in [0.1, 0.15) is 6.42 Å². The molecule has 19 heavy (non-hydrogen) atoms. The molecule has 1 fully saturated rings. The van der Waals surface area contributed by atoms with Gasteiger partial charge in [-0.05, 0) is 43.0 Å². The summed E-state index contributed by atoms with van der Waals surface area (Å²) in [6, 6.07) is 0.370. The molecule has 0 aliphatic carbocycles. The van der Waals surface area contributed by atoms with Crippen LogP contribution >= 0.6 is 15.9 Å². The highest BCUT2D eigenvalue weighted by molar-refractivity contribution is 9.10. The van der Waals surface area contributed by atoms with Gasteiger partial charge in [0.1, 0.15) is 4.47 Å². The SMILES string of the molecule is CN(C)CCn1ncc(NC2CCNC2)c(Br)c1=O. The number of rotatable bonds is 5. The van der Waals surface area contributed by atoms with Crippen molar-refractivity contribution in [2.45, 2.75) is 19.0 Å². The summed E-state index contributed by atoms with van der Waals surface area (Å²) in [6.45, 7) is 3.33. The zero-order chi connectivity index (χ0) is 13.8. The van der Waals surface area contributed by atoms with Crippen molar-refractivity contribution in [3.63, 3.8) is 0 Å². The van der Waals surface area contributed by atoms with Crippen molar-refractivity contribution in [2.24, 2.45) is 0 Å². The molecule has 1 saturated heterocycles. The Labute approximate surface area is 121 Å². The molecule has 1 atom stereocenters. The normalized spacial score (nSPS) is 19.1. The lowest BCUT2D eigenvalue weighted by Gasteiger charge is -2.15. The summed E-state index contributed by atoms with van der Waals surface area (Å²) < 4.78 is 2.05. The van der Waals surface area contributed by atoms with Gasteiger partial charge in [0, 0.05) is 19.1 Å². The molecule has 6 nitrogen and oxygen atoms in total. The maximum atomic E-state index is 12.2. The molecule has 0 amide bonds. The maximum absolute atomic E-state index is 12.2. The van der Waals surface area contributed by atoms with Crippen molar-refractivity contribution >= 4 is 21.6 Å². The van der Waals surface area contributed by atoms with Crippen LogP contribution in [0, 0.1) is 0 Å².